The molecule has 0 atom stereocenters. The standard InChI is InChI=1S/C31H22OSi/c1-21-16-17-25-27-19-26-24-14-8-9-15-28(24)32-29(26)20-31(27)33(30(25)18-21,22-10-4-2-5-11-22)23-12-6-3-7-13-23/h2-20H,1H3. The van der Waals surface area contributed by atoms with E-state index in [1.165, 1.54) is 48.2 Å². The third kappa shape index (κ3) is 2.47. The lowest BCUT2D eigenvalue weighted by molar-refractivity contribution is 0.669. The molecule has 0 aliphatic carbocycles. The number of aryl methyl sites for hydroxylation is 1. The van der Waals surface area contributed by atoms with Crippen LogP contribution in [0.4, 0.5) is 0 Å². The SMILES string of the molecule is Cc1ccc2c(c1)[Si](c1ccccc1)(c1ccccc1)c1cc3oc4ccccc4c3cc1-2. The molecular weight excluding hydrogens is 416 g/mol. The molecule has 0 bridgehead atoms. The molecule has 7 rings (SSSR count). The maximum absolute atomic E-state index is 6.39. The highest BCUT2D eigenvalue weighted by molar-refractivity contribution is 7.22. The Morgan fingerprint density at radius 2 is 1.15 bits per heavy atom. The highest BCUT2D eigenvalue weighted by atomic mass is 28.3. The lowest BCUT2D eigenvalue weighted by Gasteiger charge is -2.31. The molecule has 0 N–H and O–H groups in total. The van der Waals surface area contributed by atoms with Gasteiger partial charge >= 0.3 is 0 Å². The van der Waals surface area contributed by atoms with Gasteiger partial charge in [0.2, 0.25) is 0 Å². The lowest BCUT2D eigenvalue weighted by atomic mass is 10.0. The minimum Gasteiger partial charge on any atom is -0.456 e. The summed E-state index contributed by atoms with van der Waals surface area (Å²) < 4.78 is 6.39. The second-order valence-electron chi connectivity index (χ2n) is 9.02. The second-order valence-corrected chi connectivity index (χ2v) is 12.8. The first kappa shape index (κ1) is 18.7. The summed E-state index contributed by atoms with van der Waals surface area (Å²) in [6.07, 6.45) is 0. The van der Waals surface area contributed by atoms with E-state index in [0.717, 1.165) is 11.2 Å². The summed E-state index contributed by atoms with van der Waals surface area (Å²) in [4.78, 5) is 0. The largest absolute Gasteiger partial charge is 0.456 e. The molecular formula is C31H22OSi. The van der Waals surface area contributed by atoms with Crippen LogP contribution in [0.25, 0.3) is 33.1 Å². The Balaban J connectivity index is 1.69. The third-order valence-corrected chi connectivity index (χ3v) is 12.0. The van der Waals surface area contributed by atoms with Gasteiger partial charge in [-0.05, 0) is 57.0 Å². The summed E-state index contributed by atoms with van der Waals surface area (Å²) in [6, 6.07) is 42.4. The van der Waals surface area contributed by atoms with Gasteiger partial charge in [-0.1, -0.05) is 103 Å². The summed E-state index contributed by atoms with van der Waals surface area (Å²) in [5.41, 5.74) is 5.94. The summed E-state index contributed by atoms with van der Waals surface area (Å²) in [7, 11) is -2.48. The number of furan rings is 1. The fraction of sp³-hybridized carbons (Fsp3) is 0.0323. The molecule has 2 heteroatoms. The Morgan fingerprint density at radius 3 is 1.88 bits per heavy atom. The Morgan fingerprint density at radius 1 is 0.515 bits per heavy atom. The molecule has 1 aliphatic heterocycles. The number of hydrogen-bond acceptors (Lipinski definition) is 1. The molecule has 0 spiro atoms. The van der Waals surface area contributed by atoms with E-state index in [2.05, 4.69) is 116 Å². The maximum Gasteiger partial charge on any atom is 0.181 e. The number of fused-ring (bicyclic) bond motifs is 6. The van der Waals surface area contributed by atoms with Crippen LogP contribution in [0, 0.1) is 6.92 Å². The first-order valence-corrected chi connectivity index (χ1v) is 13.4. The molecule has 2 heterocycles. The molecule has 5 aromatic carbocycles. The van der Waals surface area contributed by atoms with E-state index in [4.69, 9.17) is 4.42 Å². The van der Waals surface area contributed by atoms with E-state index in [-0.39, 0.29) is 0 Å². The summed E-state index contributed by atoms with van der Waals surface area (Å²) in [5, 5.41) is 8.11. The van der Waals surface area contributed by atoms with Gasteiger partial charge in [0.15, 0.2) is 8.07 Å². The Bertz CT molecular complexity index is 1620. The van der Waals surface area contributed by atoms with Crippen molar-refractivity contribution in [3.63, 3.8) is 0 Å². The maximum atomic E-state index is 6.39. The quantitative estimate of drug-likeness (QED) is 0.336. The number of benzene rings is 5. The van der Waals surface area contributed by atoms with E-state index in [9.17, 15) is 0 Å². The molecule has 33 heavy (non-hydrogen) atoms. The van der Waals surface area contributed by atoms with Crippen LogP contribution in [-0.4, -0.2) is 8.07 Å². The van der Waals surface area contributed by atoms with Crippen LogP contribution in [-0.2, 0) is 0 Å². The molecule has 0 radical (unpaired) electrons. The highest BCUT2D eigenvalue weighted by Crippen LogP contribution is 2.36. The van der Waals surface area contributed by atoms with Crippen LogP contribution in [0.15, 0.2) is 120 Å². The first-order chi connectivity index (χ1) is 16.3. The van der Waals surface area contributed by atoms with Crippen molar-refractivity contribution >= 4 is 50.8 Å². The molecule has 0 amide bonds. The van der Waals surface area contributed by atoms with Crippen molar-refractivity contribution in [2.24, 2.45) is 0 Å². The number of rotatable bonds is 2. The van der Waals surface area contributed by atoms with Crippen LogP contribution in [0.1, 0.15) is 5.56 Å². The van der Waals surface area contributed by atoms with Crippen LogP contribution in [0.3, 0.4) is 0 Å². The van der Waals surface area contributed by atoms with Crippen molar-refractivity contribution in [3.05, 3.63) is 121 Å². The molecule has 0 unspecified atom stereocenters. The normalized spacial score (nSPS) is 13.8. The van der Waals surface area contributed by atoms with Gasteiger partial charge in [0.05, 0.1) is 0 Å². The number of para-hydroxylation sites is 1. The number of hydrogen-bond donors (Lipinski definition) is 0. The smallest absolute Gasteiger partial charge is 0.181 e. The van der Waals surface area contributed by atoms with E-state index in [0.29, 0.717) is 0 Å². The first-order valence-electron chi connectivity index (χ1n) is 11.4. The highest BCUT2D eigenvalue weighted by Gasteiger charge is 2.49. The van der Waals surface area contributed by atoms with E-state index in [1.807, 2.05) is 6.07 Å². The van der Waals surface area contributed by atoms with Gasteiger partial charge in [-0.3, -0.25) is 0 Å². The second kappa shape index (κ2) is 6.81. The molecule has 1 aliphatic rings. The zero-order valence-electron chi connectivity index (χ0n) is 18.4. The fourth-order valence-electron chi connectivity index (χ4n) is 5.82. The molecule has 0 saturated carbocycles. The zero-order chi connectivity index (χ0) is 22.0. The van der Waals surface area contributed by atoms with Gasteiger partial charge in [0.1, 0.15) is 11.2 Å². The van der Waals surface area contributed by atoms with E-state index >= 15 is 0 Å². The molecule has 0 fully saturated rings. The summed E-state index contributed by atoms with van der Waals surface area (Å²) >= 11 is 0. The molecule has 6 aromatic rings. The molecule has 1 aromatic heterocycles. The molecule has 156 valence electrons. The van der Waals surface area contributed by atoms with Crippen molar-refractivity contribution in [3.8, 4) is 11.1 Å². The minimum atomic E-state index is -2.48. The minimum absolute atomic E-state index is 0.951. The zero-order valence-corrected chi connectivity index (χ0v) is 19.4. The van der Waals surface area contributed by atoms with Crippen molar-refractivity contribution < 1.29 is 4.42 Å². The van der Waals surface area contributed by atoms with E-state index in [1.54, 1.807) is 0 Å². The average molecular weight is 439 g/mol. The van der Waals surface area contributed by atoms with Gasteiger partial charge < -0.3 is 4.42 Å². The predicted molar refractivity (Wildman–Crippen MR) is 141 cm³/mol. The summed E-state index contributed by atoms with van der Waals surface area (Å²) in [5.74, 6) is 0. The predicted octanol–water partition coefficient (Wildman–Crippen LogP) is 5.25. The van der Waals surface area contributed by atoms with Gasteiger partial charge in [-0.25, -0.2) is 0 Å². The van der Waals surface area contributed by atoms with Crippen molar-refractivity contribution in [2.75, 3.05) is 0 Å². The van der Waals surface area contributed by atoms with Crippen LogP contribution >= 0.6 is 0 Å². The Hall–Kier alpha value is -3.88. The monoisotopic (exact) mass is 438 g/mol. The third-order valence-electron chi connectivity index (χ3n) is 7.20. The van der Waals surface area contributed by atoms with Gasteiger partial charge in [0, 0.05) is 10.8 Å². The van der Waals surface area contributed by atoms with Crippen molar-refractivity contribution in [1.82, 2.24) is 0 Å². The topological polar surface area (TPSA) is 13.1 Å². The Labute approximate surface area is 194 Å². The molecule has 0 saturated heterocycles. The molecule has 1 nitrogen and oxygen atoms in total. The summed E-state index contributed by atoms with van der Waals surface area (Å²) in [6.45, 7) is 2.21. The van der Waals surface area contributed by atoms with Crippen LogP contribution in [0.2, 0.25) is 0 Å². The fourth-order valence-corrected chi connectivity index (χ4v) is 11.1. The Kier molecular flexibility index (Phi) is 3.85. The van der Waals surface area contributed by atoms with Gasteiger partial charge in [-0.15, -0.1) is 0 Å². The average Bonchev–Trinajstić information content (AvgIpc) is 3.36. The van der Waals surface area contributed by atoms with Crippen LogP contribution in [0.5, 0.6) is 0 Å². The van der Waals surface area contributed by atoms with Gasteiger partial charge in [-0.2, -0.15) is 0 Å². The van der Waals surface area contributed by atoms with Crippen molar-refractivity contribution in [2.45, 2.75) is 6.92 Å². The lowest BCUT2D eigenvalue weighted by Crippen LogP contribution is -2.72. The van der Waals surface area contributed by atoms with Crippen molar-refractivity contribution in [1.29, 1.82) is 0 Å². The van der Waals surface area contributed by atoms with Gasteiger partial charge in [0.25, 0.3) is 0 Å². The van der Waals surface area contributed by atoms with Crippen LogP contribution < -0.4 is 20.7 Å². The van der Waals surface area contributed by atoms with E-state index < -0.39 is 8.07 Å².